The van der Waals surface area contributed by atoms with E-state index < -0.39 is 26.6 Å². The molecule has 0 bridgehead atoms. The van der Waals surface area contributed by atoms with Gasteiger partial charge in [0.15, 0.2) is 0 Å². The molecule has 2 N–H and O–H groups in total. The fourth-order valence-electron chi connectivity index (χ4n) is 5.69. The molecule has 0 aromatic carbocycles. The van der Waals surface area contributed by atoms with Gasteiger partial charge in [-0.3, -0.25) is 9.36 Å². The van der Waals surface area contributed by atoms with Crippen LogP contribution in [0, 0.1) is 0 Å². The van der Waals surface area contributed by atoms with Crippen molar-refractivity contribution < 1.29 is 32.9 Å². The Morgan fingerprint density at radius 2 is 1.10 bits per heavy atom. The van der Waals surface area contributed by atoms with E-state index in [1.54, 1.807) is 6.08 Å². The standard InChI is InChI=1S/C42H81N2O6P/c1-6-8-10-12-14-16-18-20-21-22-23-24-26-28-30-32-34-36-42(46)43-40(39-50-51(47,48)49-38-37-44(3,4)5)41(45)35-33-31-29-27-25-19-17-15-13-11-9-7-2/h20-21,25,27,33,35,40-41,45H,6-19,22-24,26,28-32,34,36-39H2,1-5H3,(H-,43,46,47,48)/b21-20-,27-25+,35-33+. The average molecular weight is 741 g/mol. The van der Waals surface area contributed by atoms with Gasteiger partial charge in [0.05, 0.1) is 39.9 Å². The molecular formula is C42H81N2O6P. The summed E-state index contributed by atoms with van der Waals surface area (Å²) in [6, 6.07) is -0.902. The van der Waals surface area contributed by atoms with Crippen molar-refractivity contribution in [2.45, 2.75) is 187 Å². The predicted molar refractivity (Wildman–Crippen MR) is 215 cm³/mol. The molecule has 0 spiro atoms. The summed E-state index contributed by atoms with van der Waals surface area (Å²) < 4.78 is 23.1. The summed E-state index contributed by atoms with van der Waals surface area (Å²) in [6.07, 6.45) is 40.4. The van der Waals surface area contributed by atoms with Crippen LogP contribution in [0.3, 0.4) is 0 Å². The maximum Gasteiger partial charge on any atom is 0.268 e. The second kappa shape index (κ2) is 34.5. The molecular weight excluding hydrogens is 659 g/mol. The zero-order chi connectivity index (χ0) is 37.9. The molecule has 8 nitrogen and oxygen atoms in total. The minimum atomic E-state index is -4.59. The molecule has 0 rings (SSSR count). The second-order valence-electron chi connectivity index (χ2n) is 15.3. The third-order valence-electron chi connectivity index (χ3n) is 9.07. The molecule has 0 aliphatic heterocycles. The van der Waals surface area contributed by atoms with Crippen LogP contribution in [-0.4, -0.2) is 68.5 Å². The highest BCUT2D eigenvalue weighted by Crippen LogP contribution is 2.38. The van der Waals surface area contributed by atoms with Crippen molar-refractivity contribution in [3.8, 4) is 0 Å². The fraction of sp³-hybridized carbons (Fsp3) is 0.833. The molecule has 0 saturated carbocycles. The first-order chi connectivity index (χ1) is 24.5. The van der Waals surface area contributed by atoms with E-state index in [1.807, 2.05) is 27.2 Å². The third-order valence-corrected chi connectivity index (χ3v) is 10.0. The number of carbonyl (C=O) groups is 1. The Labute approximate surface area is 315 Å². The third kappa shape index (κ3) is 36.9. The van der Waals surface area contributed by atoms with E-state index >= 15 is 0 Å². The molecule has 3 unspecified atom stereocenters. The molecule has 0 aromatic heterocycles. The Kier molecular flexibility index (Phi) is 33.6. The Bertz CT molecular complexity index is 933. The molecule has 0 fully saturated rings. The minimum Gasteiger partial charge on any atom is -0.756 e. The summed E-state index contributed by atoms with van der Waals surface area (Å²) in [7, 11) is 1.24. The molecule has 9 heteroatoms. The molecule has 0 aliphatic carbocycles. The lowest BCUT2D eigenvalue weighted by molar-refractivity contribution is -0.870. The Hall–Kier alpha value is -1.28. The number of nitrogens with one attached hydrogen (secondary N) is 1. The highest BCUT2D eigenvalue weighted by atomic mass is 31.2. The number of phosphoric acid groups is 1. The molecule has 0 radical (unpaired) electrons. The van der Waals surface area contributed by atoms with E-state index in [2.05, 4.69) is 43.5 Å². The van der Waals surface area contributed by atoms with Gasteiger partial charge in [-0.05, 0) is 57.8 Å². The van der Waals surface area contributed by atoms with Gasteiger partial charge >= 0.3 is 0 Å². The van der Waals surface area contributed by atoms with Crippen LogP contribution in [-0.2, 0) is 18.4 Å². The molecule has 300 valence electrons. The van der Waals surface area contributed by atoms with E-state index in [1.165, 1.54) is 116 Å². The Balaban J connectivity index is 4.49. The Morgan fingerprint density at radius 1 is 0.667 bits per heavy atom. The van der Waals surface area contributed by atoms with Crippen LogP contribution in [0.1, 0.15) is 174 Å². The summed E-state index contributed by atoms with van der Waals surface area (Å²) in [5.41, 5.74) is 0. The van der Waals surface area contributed by atoms with Crippen molar-refractivity contribution in [3.05, 3.63) is 36.5 Å². The monoisotopic (exact) mass is 741 g/mol. The minimum absolute atomic E-state index is 0.00745. The van der Waals surface area contributed by atoms with E-state index in [9.17, 15) is 19.4 Å². The van der Waals surface area contributed by atoms with Gasteiger partial charge < -0.3 is 28.8 Å². The van der Waals surface area contributed by atoms with E-state index in [-0.39, 0.29) is 12.5 Å². The average Bonchev–Trinajstić information content (AvgIpc) is 3.07. The SMILES string of the molecule is CCCCCCCC/C=C\CCCCCCCCCC(=O)NC(COP(=O)([O-])OCC[N+](C)(C)C)C(O)/C=C/CC/C=C/CCCCCCCC. The van der Waals surface area contributed by atoms with Crippen LogP contribution in [0.5, 0.6) is 0 Å². The number of nitrogens with zero attached hydrogens (tertiary/aromatic N) is 1. The molecule has 0 aromatic rings. The van der Waals surface area contributed by atoms with Gasteiger partial charge in [0.1, 0.15) is 13.2 Å². The normalized spacial score (nSPS) is 14.9. The van der Waals surface area contributed by atoms with Crippen molar-refractivity contribution >= 4 is 13.7 Å². The topological polar surface area (TPSA) is 108 Å². The van der Waals surface area contributed by atoms with Crippen LogP contribution < -0.4 is 10.2 Å². The summed E-state index contributed by atoms with van der Waals surface area (Å²) in [5.74, 6) is -0.215. The number of amides is 1. The van der Waals surface area contributed by atoms with Gasteiger partial charge in [-0.15, -0.1) is 0 Å². The lowest BCUT2D eigenvalue weighted by atomic mass is 10.1. The van der Waals surface area contributed by atoms with Crippen LogP contribution in [0.15, 0.2) is 36.5 Å². The number of hydrogen-bond acceptors (Lipinski definition) is 6. The second-order valence-corrected chi connectivity index (χ2v) is 16.7. The van der Waals surface area contributed by atoms with Crippen molar-refractivity contribution in [2.24, 2.45) is 0 Å². The lowest BCUT2D eigenvalue weighted by Crippen LogP contribution is -2.45. The molecule has 0 aliphatic rings. The van der Waals surface area contributed by atoms with Crippen LogP contribution in [0.25, 0.3) is 0 Å². The summed E-state index contributed by atoms with van der Waals surface area (Å²) >= 11 is 0. The van der Waals surface area contributed by atoms with E-state index in [0.717, 1.165) is 38.5 Å². The number of rotatable bonds is 37. The first-order valence-electron chi connectivity index (χ1n) is 20.9. The van der Waals surface area contributed by atoms with Crippen LogP contribution in [0.4, 0.5) is 0 Å². The van der Waals surface area contributed by atoms with Gasteiger partial charge in [0, 0.05) is 6.42 Å². The number of aliphatic hydroxyl groups excluding tert-OH is 1. The first kappa shape index (κ1) is 49.7. The molecule has 0 saturated heterocycles. The van der Waals surface area contributed by atoms with E-state index in [0.29, 0.717) is 17.4 Å². The number of allylic oxidation sites excluding steroid dienone is 5. The molecule has 1 amide bonds. The quantitative estimate of drug-likeness (QED) is 0.0284. The fourth-order valence-corrected chi connectivity index (χ4v) is 6.41. The summed E-state index contributed by atoms with van der Waals surface area (Å²) in [6.45, 7) is 4.58. The van der Waals surface area contributed by atoms with Crippen LogP contribution in [0.2, 0.25) is 0 Å². The van der Waals surface area contributed by atoms with Gasteiger partial charge in [0.25, 0.3) is 7.82 Å². The maximum atomic E-state index is 12.8. The van der Waals surface area contributed by atoms with Gasteiger partial charge in [-0.2, -0.15) is 0 Å². The van der Waals surface area contributed by atoms with Gasteiger partial charge in [-0.25, -0.2) is 0 Å². The highest BCUT2D eigenvalue weighted by Gasteiger charge is 2.23. The first-order valence-corrected chi connectivity index (χ1v) is 22.3. The highest BCUT2D eigenvalue weighted by molar-refractivity contribution is 7.45. The zero-order valence-electron chi connectivity index (χ0n) is 33.8. The Morgan fingerprint density at radius 3 is 1.59 bits per heavy atom. The van der Waals surface area contributed by atoms with Crippen molar-refractivity contribution in [1.82, 2.24) is 5.32 Å². The largest absolute Gasteiger partial charge is 0.756 e. The molecule has 0 heterocycles. The van der Waals surface area contributed by atoms with Gasteiger partial charge in [0.2, 0.25) is 5.91 Å². The smallest absolute Gasteiger partial charge is 0.268 e. The number of aliphatic hydroxyl groups is 1. The summed E-state index contributed by atoms with van der Waals surface area (Å²) in [5, 5.41) is 13.7. The number of hydrogen-bond donors (Lipinski definition) is 2. The molecule has 3 atom stereocenters. The molecule has 51 heavy (non-hydrogen) atoms. The number of quaternary nitrogens is 1. The zero-order valence-corrected chi connectivity index (χ0v) is 34.7. The van der Waals surface area contributed by atoms with Crippen molar-refractivity contribution in [2.75, 3.05) is 40.9 Å². The van der Waals surface area contributed by atoms with Gasteiger partial charge in [-0.1, -0.05) is 147 Å². The number of likely N-dealkylation sites (N-methyl/N-ethyl adjacent to an activating group) is 1. The summed E-state index contributed by atoms with van der Waals surface area (Å²) in [4.78, 5) is 25.2. The maximum absolute atomic E-state index is 12.8. The van der Waals surface area contributed by atoms with Crippen LogP contribution >= 0.6 is 7.82 Å². The van der Waals surface area contributed by atoms with Crippen molar-refractivity contribution in [1.29, 1.82) is 0 Å². The van der Waals surface area contributed by atoms with Crippen molar-refractivity contribution in [3.63, 3.8) is 0 Å². The van der Waals surface area contributed by atoms with E-state index in [4.69, 9.17) is 9.05 Å². The number of unbranched alkanes of at least 4 members (excludes halogenated alkanes) is 20. The lowest BCUT2D eigenvalue weighted by Gasteiger charge is -2.29. The number of phosphoric ester groups is 1. The predicted octanol–water partition coefficient (Wildman–Crippen LogP) is 10.5. The number of carbonyl (C=O) groups excluding carboxylic acids is 1.